The molecule has 2 rings (SSSR count). The number of hydrogen-bond acceptors (Lipinski definition) is 3. The summed E-state index contributed by atoms with van der Waals surface area (Å²) < 4.78 is 5.71. The molecule has 0 bridgehead atoms. The van der Waals surface area contributed by atoms with Gasteiger partial charge in [0, 0.05) is 0 Å². The fourth-order valence-corrected chi connectivity index (χ4v) is 2.41. The van der Waals surface area contributed by atoms with E-state index in [-0.39, 0.29) is 6.04 Å². The molecule has 2 aromatic rings. The molecular formula is C13H17NOS. The second kappa shape index (κ2) is 5.32. The molecule has 16 heavy (non-hydrogen) atoms. The maximum absolute atomic E-state index is 5.71. The molecule has 0 aliphatic carbocycles. The molecule has 0 aromatic carbocycles. The lowest BCUT2D eigenvalue weighted by Crippen LogP contribution is -2.22. The number of thiophene rings is 1. The molecule has 0 fully saturated rings. The summed E-state index contributed by atoms with van der Waals surface area (Å²) in [5.41, 5.74) is 1.28. The van der Waals surface area contributed by atoms with Gasteiger partial charge in [-0.25, -0.2) is 0 Å². The lowest BCUT2D eigenvalue weighted by Gasteiger charge is -2.14. The maximum Gasteiger partial charge on any atom is 0.125 e. The van der Waals surface area contributed by atoms with Crippen molar-refractivity contribution in [1.82, 2.24) is 5.32 Å². The minimum absolute atomic E-state index is 0.194. The van der Waals surface area contributed by atoms with Crippen molar-refractivity contribution in [3.8, 4) is 0 Å². The standard InChI is InChI=1S/C13H17NOS/c1-3-7-14-13(11-6-8-16-9-11)12-5-4-10(2)15-12/h4-6,8-9,13-14H,3,7H2,1-2H3. The van der Waals surface area contributed by atoms with Crippen LogP contribution in [-0.2, 0) is 0 Å². The first kappa shape index (κ1) is 11.4. The van der Waals surface area contributed by atoms with E-state index >= 15 is 0 Å². The second-order valence-electron chi connectivity index (χ2n) is 3.89. The molecule has 0 spiro atoms. The van der Waals surface area contributed by atoms with E-state index in [2.05, 4.69) is 35.1 Å². The third-order valence-electron chi connectivity index (χ3n) is 2.52. The molecule has 1 atom stereocenters. The van der Waals surface area contributed by atoms with Crippen molar-refractivity contribution in [1.29, 1.82) is 0 Å². The lowest BCUT2D eigenvalue weighted by atomic mass is 10.1. The Bertz CT molecular complexity index is 419. The number of aryl methyl sites for hydroxylation is 1. The van der Waals surface area contributed by atoms with Gasteiger partial charge in [0.25, 0.3) is 0 Å². The summed E-state index contributed by atoms with van der Waals surface area (Å²) in [4.78, 5) is 0. The Kier molecular flexibility index (Phi) is 3.80. The smallest absolute Gasteiger partial charge is 0.125 e. The van der Waals surface area contributed by atoms with Crippen molar-refractivity contribution < 1.29 is 4.42 Å². The zero-order chi connectivity index (χ0) is 11.4. The molecule has 2 aromatic heterocycles. The predicted molar refractivity (Wildman–Crippen MR) is 67.9 cm³/mol. The number of nitrogens with one attached hydrogen (secondary N) is 1. The fourth-order valence-electron chi connectivity index (χ4n) is 1.72. The van der Waals surface area contributed by atoms with Gasteiger partial charge in [0.05, 0.1) is 6.04 Å². The molecule has 2 heterocycles. The van der Waals surface area contributed by atoms with Crippen molar-refractivity contribution in [3.05, 3.63) is 46.0 Å². The number of hydrogen-bond donors (Lipinski definition) is 1. The van der Waals surface area contributed by atoms with Gasteiger partial charge in [0.15, 0.2) is 0 Å². The normalized spacial score (nSPS) is 12.9. The van der Waals surface area contributed by atoms with E-state index in [1.165, 1.54) is 5.56 Å². The minimum Gasteiger partial charge on any atom is -0.464 e. The van der Waals surface area contributed by atoms with Crippen LogP contribution in [0.4, 0.5) is 0 Å². The molecule has 1 unspecified atom stereocenters. The lowest BCUT2D eigenvalue weighted by molar-refractivity contribution is 0.431. The summed E-state index contributed by atoms with van der Waals surface area (Å²) >= 11 is 1.72. The van der Waals surface area contributed by atoms with Crippen molar-refractivity contribution in [2.45, 2.75) is 26.3 Å². The van der Waals surface area contributed by atoms with Gasteiger partial charge >= 0.3 is 0 Å². The highest BCUT2D eigenvalue weighted by Crippen LogP contribution is 2.25. The SMILES string of the molecule is CCCNC(c1ccsc1)c1ccc(C)o1. The van der Waals surface area contributed by atoms with Crippen LogP contribution in [0.5, 0.6) is 0 Å². The van der Waals surface area contributed by atoms with Crippen LogP contribution in [0.25, 0.3) is 0 Å². The van der Waals surface area contributed by atoms with Gasteiger partial charge in [-0.05, 0) is 54.4 Å². The van der Waals surface area contributed by atoms with Gasteiger partial charge in [0.1, 0.15) is 11.5 Å². The summed E-state index contributed by atoms with van der Waals surface area (Å²) in [6.07, 6.45) is 1.13. The van der Waals surface area contributed by atoms with Crippen molar-refractivity contribution in [2.75, 3.05) is 6.54 Å². The van der Waals surface area contributed by atoms with E-state index < -0.39 is 0 Å². The first-order valence-corrected chi connectivity index (χ1v) is 6.57. The summed E-state index contributed by atoms with van der Waals surface area (Å²) in [5, 5.41) is 7.79. The Morgan fingerprint density at radius 3 is 2.81 bits per heavy atom. The maximum atomic E-state index is 5.71. The van der Waals surface area contributed by atoms with Crippen molar-refractivity contribution in [3.63, 3.8) is 0 Å². The molecule has 0 aliphatic heterocycles. The van der Waals surface area contributed by atoms with Crippen molar-refractivity contribution in [2.24, 2.45) is 0 Å². The molecule has 3 heteroatoms. The summed E-state index contributed by atoms with van der Waals surface area (Å²) in [6, 6.07) is 6.42. The first-order chi connectivity index (χ1) is 7.81. The number of furan rings is 1. The molecule has 2 nitrogen and oxygen atoms in total. The Labute approximate surface area is 100 Å². The quantitative estimate of drug-likeness (QED) is 0.854. The average molecular weight is 235 g/mol. The zero-order valence-electron chi connectivity index (χ0n) is 9.69. The summed E-state index contributed by atoms with van der Waals surface area (Å²) in [7, 11) is 0. The van der Waals surface area contributed by atoms with E-state index in [0.717, 1.165) is 24.5 Å². The average Bonchev–Trinajstić information content (AvgIpc) is 2.91. The third kappa shape index (κ3) is 2.54. The third-order valence-corrected chi connectivity index (χ3v) is 3.22. The molecular weight excluding hydrogens is 218 g/mol. The van der Waals surface area contributed by atoms with Gasteiger partial charge in [-0.15, -0.1) is 0 Å². The molecule has 0 saturated carbocycles. The predicted octanol–water partition coefficient (Wildman–Crippen LogP) is 3.74. The molecule has 0 saturated heterocycles. The summed E-state index contributed by atoms with van der Waals surface area (Å²) in [5.74, 6) is 1.97. The van der Waals surface area contributed by atoms with Crippen LogP contribution in [0.1, 0.15) is 36.5 Å². The van der Waals surface area contributed by atoms with Gasteiger partial charge in [-0.2, -0.15) is 11.3 Å². The minimum atomic E-state index is 0.194. The zero-order valence-corrected chi connectivity index (χ0v) is 10.5. The van der Waals surface area contributed by atoms with Crippen LogP contribution < -0.4 is 5.32 Å². The van der Waals surface area contributed by atoms with E-state index in [9.17, 15) is 0 Å². The summed E-state index contributed by atoms with van der Waals surface area (Å²) in [6.45, 7) is 5.15. The molecule has 1 N–H and O–H groups in total. The van der Waals surface area contributed by atoms with Crippen LogP contribution in [0.15, 0.2) is 33.4 Å². The Balaban J connectivity index is 2.21. The number of rotatable bonds is 5. The van der Waals surface area contributed by atoms with E-state index in [1.54, 1.807) is 11.3 Å². The Morgan fingerprint density at radius 2 is 2.25 bits per heavy atom. The first-order valence-electron chi connectivity index (χ1n) is 5.63. The highest BCUT2D eigenvalue weighted by Gasteiger charge is 2.16. The van der Waals surface area contributed by atoms with Crippen molar-refractivity contribution >= 4 is 11.3 Å². The van der Waals surface area contributed by atoms with Gasteiger partial charge in [-0.3, -0.25) is 0 Å². The molecule has 0 radical (unpaired) electrons. The van der Waals surface area contributed by atoms with Crippen LogP contribution in [0.3, 0.4) is 0 Å². The Morgan fingerprint density at radius 1 is 1.38 bits per heavy atom. The van der Waals surface area contributed by atoms with E-state index in [4.69, 9.17) is 4.42 Å². The van der Waals surface area contributed by atoms with Gasteiger partial charge in [0.2, 0.25) is 0 Å². The highest BCUT2D eigenvalue weighted by atomic mass is 32.1. The van der Waals surface area contributed by atoms with Gasteiger partial charge in [-0.1, -0.05) is 6.92 Å². The molecule has 0 aliphatic rings. The van der Waals surface area contributed by atoms with Crippen LogP contribution in [0, 0.1) is 6.92 Å². The van der Waals surface area contributed by atoms with Crippen LogP contribution in [-0.4, -0.2) is 6.54 Å². The fraction of sp³-hybridized carbons (Fsp3) is 0.385. The van der Waals surface area contributed by atoms with Gasteiger partial charge < -0.3 is 9.73 Å². The highest BCUT2D eigenvalue weighted by molar-refractivity contribution is 7.08. The molecule has 0 amide bonds. The van der Waals surface area contributed by atoms with E-state index in [1.807, 2.05) is 13.0 Å². The van der Waals surface area contributed by atoms with Crippen LogP contribution in [0.2, 0.25) is 0 Å². The molecule has 86 valence electrons. The Hall–Kier alpha value is -1.06. The topological polar surface area (TPSA) is 25.2 Å². The largest absolute Gasteiger partial charge is 0.464 e. The van der Waals surface area contributed by atoms with Crippen LogP contribution >= 0.6 is 11.3 Å². The monoisotopic (exact) mass is 235 g/mol. The van der Waals surface area contributed by atoms with E-state index in [0.29, 0.717) is 0 Å². The second-order valence-corrected chi connectivity index (χ2v) is 4.67.